The molecule has 0 bridgehead atoms. The van der Waals surface area contributed by atoms with Gasteiger partial charge in [-0.25, -0.2) is 9.82 Å². The molecule has 0 unspecified atom stereocenters. The molecule has 1 heterocycles. The van der Waals surface area contributed by atoms with Crippen molar-refractivity contribution >= 4 is 11.6 Å². The highest BCUT2D eigenvalue weighted by Crippen LogP contribution is 2.39. The quantitative estimate of drug-likeness (QED) is 0.837. The summed E-state index contributed by atoms with van der Waals surface area (Å²) < 4.78 is 13.9. The summed E-state index contributed by atoms with van der Waals surface area (Å²) in [4.78, 5) is 15.8. The Hall–Kier alpha value is -2.76. The molecule has 0 saturated carbocycles. The number of aromatic nitrogens is 1. The third-order valence-electron chi connectivity index (χ3n) is 3.67. The van der Waals surface area contributed by atoms with Gasteiger partial charge in [-0.15, -0.1) is 0 Å². The molecule has 1 amide bonds. The second-order valence-corrected chi connectivity index (χ2v) is 5.20. The van der Waals surface area contributed by atoms with Crippen molar-refractivity contribution in [2.45, 2.75) is 19.3 Å². The second-order valence-electron chi connectivity index (χ2n) is 5.20. The van der Waals surface area contributed by atoms with E-state index in [1.807, 2.05) is 6.92 Å². The van der Waals surface area contributed by atoms with E-state index in [2.05, 4.69) is 15.5 Å². The zero-order valence-electron chi connectivity index (χ0n) is 11.9. The zero-order valence-corrected chi connectivity index (χ0v) is 11.9. The number of carbonyl (C=O) groups excluding carboxylic acids is 1. The molecule has 2 N–H and O–H groups in total. The molecule has 0 fully saturated rings. The highest BCUT2D eigenvalue weighted by molar-refractivity contribution is 6.08. The molecule has 0 aliphatic heterocycles. The van der Waals surface area contributed by atoms with Crippen LogP contribution in [0.25, 0.3) is 0 Å². The number of pyridine rings is 1. The van der Waals surface area contributed by atoms with Gasteiger partial charge in [-0.3, -0.25) is 9.78 Å². The van der Waals surface area contributed by atoms with Crippen molar-refractivity contribution in [1.29, 1.82) is 0 Å². The van der Waals surface area contributed by atoms with Crippen LogP contribution in [-0.2, 0) is 0 Å². The number of nitrogens with zero attached hydrogens (tertiary/aromatic N) is 2. The number of nitrogens with one attached hydrogen (secondary N) is 1. The van der Waals surface area contributed by atoms with Gasteiger partial charge in [0.15, 0.2) is 0 Å². The van der Waals surface area contributed by atoms with Crippen molar-refractivity contribution in [1.82, 2.24) is 10.4 Å². The predicted octanol–water partition coefficient (Wildman–Crippen LogP) is 2.57. The molecular weight excluding hydrogens is 285 g/mol. The summed E-state index contributed by atoms with van der Waals surface area (Å²) in [6.45, 7) is 1.85. The molecule has 2 aromatic rings. The number of phenolic OH excluding ortho intramolecular Hbond substituents is 1. The third-order valence-corrected chi connectivity index (χ3v) is 3.67. The summed E-state index contributed by atoms with van der Waals surface area (Å²) in [6, 6.07) is 5.80. The largest absolute Gasteiger partial charge is 0.507 e. The Balaban J connectivity index is 1.89. The average molecular weight is 299 g/mol. The summed E-state index contributed by atoms with van der Waals surface area (Å²) in [6.07, 6.45) is 3.45. The number of phenols is 1. The molecule has 22 heavy (non-hydrogen) atoms. The Morgan fingerprint density at radius 2 is 2.27 bits per heavy atom. The first-order chi connectivity index (χ1) is 10.6. The fraction of sp³-hybridized carbons (Fsp3) is 0.188. The second kappa shape index (κ2) is 5.55. The molecular formula is C16H14FN3O2. The summed E-state index contributed by atoms with van der Waals surface area (Å²) in [5.74, 6) is -0.909. The smallest absolute Gasteiger partial charge is 0.272 e. The molecule has 1 aromatic heterocycles. The number of hydrogen-bond acceptors (Lipinski definition) is 4. The SMILES string of the molecule is C[C@H]1C/C(=N\NC(=O)c2cccnc2)c2c(O)ccc(F)c21. The molecule has 1 atom stereocenters. The fourth-order valence-corrected chi connectivity index (χ4v) is 2.64. The lowest BCUT2D eigenvalue weighted by molar-refractivity contribution is 0.0954. The fourth-order valence-electron chi connectivity index (χ4n) is 2.64. The topological polar surface area (TPSA) is 74.6 Å². The Labute approximate surface area is 126 Å². The van der Waals surface area contributed by atoms with E-state index >= 15 is 0 Å². The van der Waals surface area contributed by atoms with E-state index in [4.69, 9.17) is 0 Å². The molecule has 1 aliphatic rings. The van der Waals surface area contributed by atoms with Crippen LogP contribution in [0.5, 0.6) is 5.75 Å². The number of rotatable bonds is 2. The van der Waals surface area contributed by atoms with E-state index in [9.17, 15) is 14.3 Å². The lowest BCUT2D eigenvalue weighted by Crippen LogP contribution is -2.19. The molecule has 0 spiro atoms. The van der Waals surface area contributed by atoms with E-state index in [1.54, 1.807) is 18.3 Å². The van der Waals surface area contributed by atoms with Crippen LogP contribution in [0.4, 0.5) is 4.39 Å². The number of amides is 1. The first kappa shape index (κ1) is 14.2. The molecule has 1 aromatic carbocycles. The van der Waals surface area contributed by atoms with Gasteiger partial charge in [0, 0.05) is 23.5 Å². The first-order valence-corrected chi connectivity index (χ1v) is 6.86. The van der Waals surface area contributed by atoms with Gasteiger partial charge < -0.3 is 5.11 Å². The summed E-state index contributed by atoms with van der Waals surface area (Å²) in [5.41, 5.74) is 4.08. The first-order valence-electron chi connectivity index (χ1n) is 6.86. The average Bonchev–Trinajstić information content (AvgIpc) is 2.87. The van der Waals surface area contributed by atoms with Crippen LogP contribution in [0.1, 0.15) is 40.7 Å². The van der Waals surface area contributed by atoms with Crippen LogP contribution in [-0.4, -0.2) is 21.7 Å². The number of hydrazone groups is 1. The Kier molecular flexibility index (Phi) is 3.58. The molecule has 0 radical (unpaired) electrons. The number of fused-ring (bicyclic) bond motifs is 1. The zero-order chi connectivity index (χ0) is 15.7. The van der Waals surface area contributed by atoms with Crippen LogP contribution < -0.4 is 5.43 Å². The van der Waals surface area contributed by atoms with Crippen LogP contribution in [0.2, 0.25) is 0 Å². The lowest BCUT2D eigenvalue weighted by atomic mass is 10.0. The number of carbonyl (C=O) groups is 1. The van der Waals surface area contributed by atoms with Crippen LogP contribution in [0.3, 0.4) is 0 Å². The van der Waals surface area contributed by atoms with Crippen molar-refractivity contribution in [3.63, 3.8) is 0 Å². The van der Waals surface area contributed by atoms with Crippen molar-refractivity contribution in [2.75, 3.05) is 0 Å². The predicted molar refractivity (Wildman–Crippen MR) is 79.3 cm³/mol. The van der Waals surface area contributed by atoms with Crippen molar-refractivity contribution in [3.05, 3.63) is 59.2 Å². The van der Waals surface area contributed by atoms with Gasteiger partial charge in [0.1, 0.15) is 11.6 Å². The van der Waals surface area contributed by atoms with Gasteiger partial charge in [0.25, 0.3) is 5.91 Å². The van der Waals surface area contributed by atoms with Gasteiger partial charge >= 0.3 is 0 Å². The highest BCUT2D eigenvalue weighted by Gasteiger charge is 2.30. The van der Waals surface area contributed by atoms with E-state index in [1.165, 1.54) is 18.3 Å². The van der Waals surface area contributed by atoms with E-state index in [0.29, 0.717) is 28.8 Å². The van der Waals surface area contributed by atoms with Crippen molar-refractivity contribution in [3.8, 4) is 5.75 Å². The standard InChI is InChI=1S/C16H14FN3O2/c1-9-7-12(15-13(21)5-4-11(17)14(9)15)19-20-16(22)10-3-2-6-18-8-10/h2-6,8-9,21H,7H2,1H3,(H,20,22)/b19-12+/t9-/m0/s1. The highest BCUT2D eigenvalue weighted by atomic mass is 19.1. The van der Waals surface area contributed by atoms with E-state index in [-0.39, 0.29) is 17.5 Å². The van der Waals surface area contributed by atoms with Crippen molar-refractivity contribution in [2.24, 2.45) is 5.10 Å². The number of aromatic hydroxyl groups is 1. The maximum Gasteiger partial charge on any atom is 0.272 e. The maximum atomic E-state index is 13.9. The monoisotopic (exact) mass is 299 g/mol. The molecule has 3 rings (SSSR count). The van der Waals surface area contributed by atoms with Gasteiger partial charge in [-0.2, -0.15) is 5.10 Å². The van der Waals surface area contributed by atoms with Crippen LogP contribution in [0.15, 0.2) is 41.8 Å². The van der Waals surface area contributed by atoms with Crippen LogP contribution >= 0.6 is 0 Å². The number of hydrogen-bond donors (Lipinski definition) is 2. The Morgan fingerprint density at radius 1 is 1.45 bits per heavy atom. The summed E-state index contributed by atoms with van der Waals surface area (Å²) in [5, 5.41) is 14.0. The van der Waals surface area contributed by atoms with Gasteiger partial charge in [-0.1, -0.05) is 6.92 Å². The van der Waals surface area contributed by atoms with Gasteiger partial charge in [0.2, 0.25) is 0 Å². The number of halogens is 1. The van der Waals surface area contributed by atoms with Crippen molar-refractivity contribution < 1.29 is 14.3 Å². The van der Waals surface area contributed by atoms with Gasteiger partial charge in [0.05, 0.1) is 11.3 Å². The molecule has 0 saturated heterocycles. The molecule has 1 aliphatic carbocycles. The summed E-state index contributed by atoms with van der Waals surface area (Å²) >= 11 is 0. The van der Waals surface area contributed by atoms with Gasteiger partial charge in [-0.05, 0) is 36.6 Å². The minimum atomic E-state index is -0.405. The molecule has 6 heteroatoms. The van der Waals surface area contributed by atoms with Crippen LogP contribution in [0, 0.1) is 5.82 Å². The summed E-state index contributed by atoms with van der Waals surface area (Å²) in [7, 11) is 0. The third kappa shape index (κ3) is 2.43. The normalized spacial score (nSPS) is 18.3. The molecule has 112 valence electrons. The van der Waals surface area contributed by atoms with E-state index < -0.39 is 5.91 Å². The maximum absolute atomic E-state index is 13.9. The minimum absolute atomic E-state index is 0.0323. The number of benzene rings is 1. The minimum Gasteiger partial charge on any atom is -0.507 e. The lowest BCUT2D eigenvalue weighted by Gasteiger charge is -2.06. The Bertz CT molecular complexity index is 759. The van der Waals surface area contributed by atoms with E-state index in [0.717, 1.165) is 0 Å². The molecule has 5 nitrogen and oxygen atoms in total. The Morgan fingerprint density at radius 3 is 3.00 bits per heavy atom.